The van der Waals surface area contributed by atoms with Crippen molar-refractivity contribution in [2.75, 3.05) is 25.5 Å². The Balaban J connectivity index is 2.07. The molecule has 110 valence electrons. The molecule has 8 nitrogen and oxygen atoms in total. The Morgan fingerprint density at radius 1 is 1.14 bits per heavy atom. The van der Waals surface area contributed by atoms with E-state index in [1.165, 1.54) is 25.2 Å². The van der Waals surface area contributed by atoms with Gasteiger partial charge in [-0.1, -0.05) is 0 Å². The Kier molecular flexibility index (Phi) is 3.99. The number of fused-ring (bicyclic) bond motifs is 1. The number of nitrogens with two attached hydrogens (primary N) is 1. The van der Waals surface area contributed by atoms with Gasteiger partial charge in [-0.15, -0.1) is 0 Å². The van der Waals surface area contributed by atoms with Crippen LogP contribution in [0.25, 0.3) is 0 Å². The van der Waals surface area contributed by atoms with Crippen molar-refractivity contribution in [3.05, 3.63) is 29.3 Å². The van der Waals surface area contributed by atoms with Crippen molar-refractivity contribution in [2.24, 2.45) is 5.73 Å². The first-order valence-corrected chi connectivity index (χ1v) is 6.17. The van der Waals surface area contributed by atoms with Crippen LogP contribution in [0.2, 0.25) is 0 Å². The van der Waals surface area contributed by atoms with Gasteiger partial charge in [0, 0.05) is 12.7 Å². The highest BCUT2D eigenvalue weighted by molar-refractivity contribution is 6.21. The second-order valence-corrected chi connectivity index (χ2v) is 4.46. The number of imide groups is 1. The molecule has 1 heterocycles. The number of nitrogens with zero attached hydrogens (tertiary/aromatic N) is 1. The number of anilines is 1. The Morgan fingerprint density at radius 2 is 1.81 bits per heavy atom. The van der Waals surface area contributed by atoms with E-state index in [-0.39, 0.29) is 24.6 Å². The molecule has 1 aliphatic rings. The van der Waals surface area contributed by atoms with Crippen molar-refractivity contribution in [1.29, 1.82) is 0 Å². The van der Waals surface area contributed by atoms with Crippen LogP contribution in [0.4, 0.5) is 5.69 Å². The number of rotatable bonds is 4. The zero-order valence-corrected chi connectivity index (χ0v) is 11.3. The van der Waals surface area contributed by atoms with Crippen LogP contribution in [0.3, 0.4) is 0 Å². The van der Waals surface area contributed by atoms with Crippen molar-refractivity contribution in [3.63, 3.8) is 0 Å². The molecule has 0 atom stereocenters. The lowest BCUT2D eigenvalue weighted by atomic mass is 10.1. The third-order valence-corrected chi connectivity index (χ3v) is 3.00. The molecule has 8 heteroatoms. The van der Waals surface area contributed by atoms with Gasteiger partial charge in [0.2, 0.25) is 11.8 Å². The van der Waals surface area contributed by atoms with Gasteiger partial charge in [-0.3, -0.25) is 24.1 Å². The smallest absolute Gasteiger partial charge is 0.261 e. The van der Waals surface area contributed by atoms with Crippen LogP contribution in [-0.2, 0) is 9.59 Å². The molecule has 1 aromatic carbocycles. The third kappa shape index (κ3) is 2.90. The van der Waals surface area contributed by atoms with Gasteiger partial charge in [0.25, 0.3) is 11.8 Å². The van der Waals surface area contributed by atoms with E-state index < -0.39 is 17.7 Å². The van der Waals surface area contributed by atoms with Gasteiger partial charge in [-0.2, -0.15) is 0 Å². The minimum absolute atomic E-state index is 0.199. The summed E-state index contributed by atoms with van der Waals surface area (Å²) < 4.78 is 0. The van der Waals surface area contributed by atoms with Gasteiger partial charge in [0.05, 0.1) is 24.2 Å². The van der Waals surface area contributed by atoms with Crippen molar-refractivity contribution < 1.29 is 19.2 Å². The molecule has 0 aromatic heterocycles. The molecule has 1 aromatic rings. The van der Waals surface area contributed by atoms with Crippen LogP contribution in [0.15, 0.2) is 18.2 Å². The molecule has 4 N–H and O–H groups in total. The Bertz CT molecular complexity index is 641. The lowest BCUT2D eigenvalue weighted by Crippen LogP contribution is -2.36. The number of nitrogens with one attached hydrogen (secondary N) is 2. The summed E-state index contributed by atoms with van der Waals surface area (Å²) in [5, 5.41) is 4.85. The van der Waals surface area contributed by atoms with E-state index in [9.17, 15) is 19.2 Å². The maximum atomic E-state index is 11.8. The molecule has 0 bridgehead atoms. The molecular formula is C13H14N4O4. The van der Waals surface area contributed by atoms with Crippen LogP contribution in [0.1, 0.15) is 20.7 Å². The van der Waals surface area contributed by atoms with E-state index in [0.29, 0.717) is 11.3 Å². The Morgan fingerprint density at radius 3 is 2.48 bits per heavy atom. The summed E-state index contributed by atoms with van der Waals surface area (Å²) in [7, 11) is 1.39. The summed E-state index contributed by atoms with van der Waals surface area (Å²) in [5.74, 6) is -1.69. The third-order valence-electron chi connectivity index (χ3n) is 3.00. The standard InChI is InChI=1S/C13H14N4O4/c1-17-12(20)8-3-2-7(4-9(8)13(17)21)16-11(19)6-15-10(18)5-14/h2-4H,5-6,14H2,1H3,(H,15,18)(H,16,19). The van der Waals surface area contributed by atoms with Crippen LogP contribution in [-0.4, -0.2) is 48.7 Å². The van der Waals surface area contributed by atoms with E-state index in [1.807, 2.05) is 0 Å². The van der Waals surface area contributed by atoms with Crippen molar-refractivity contribution in [1.82, 2.24) is 10.2 Å². The molecule has 21 heavy (non-hydrogen) atoms. The Hall–Kier alpha value is -2.74. The predicted molar refractivity (Wildman–Crippen MR) is 73.6 cm³/mol. The van der Waals surface area contributed by atoms with Crippen molar-refractivity contribution in [3.8, 4) is 0 Å². The largest absolute Gasteiger partial charge is 0.346 e. The van der Waals surface area contributed by atoms with E-state index in [1.54, 1.807) is 0 Å². The molecule has 0 fully saturated rings. The fourth-order valence-electron chi connectivity index (χ4n) is 1.90. The normalized spacial score (nSPS) is 13.1. The number of benzene rings is 1. The summed E-state index contributed by atoms with van der Waals surface area (Å²) in [6.45, 7) is -0.422. The maximum Gasteiger partial charge on any atom is 0.261 e. The molecule has 0 aliphatic carbocycles. The molecule has 4 amide bonds. The first kappa shape index (κ1) is 14.7. The fourth-order valence-corrected chi connectivity index (χ4v) is 1.90. The van der Waals surface area contributed by atoms with E-state index >= 15 is 0 Å². The summed E-state index contributed by atoms with van der Waals surface area (Å²) in [6.07, 6.45) is 0. The minimum Gasteiger partial charge on any atom is -0.346 e. The topological polar surface area (TPSA) is 122 Å². The minimum atomic E-state index is -0.457. The average Bonchev–Trinajstić information content (AvgIpc) is 2.69. The van der Waals surface area contributed by atoms with Gasteiger partial charge < -0.3 is 16.4 Å². The van der Waals surface area contributed by atoms with Gasteiger partial charge in [-0.25, -0.2) is 0 Å². The van der Waals surface area contributed by atoms with Crippen molar-refractivity contribution in [2.45, 2.75) is 0 Å². The number of amides is 4. The molecule has 0 saturated heterocycles. The summed E-state index contributed by atoms with van der Waals surface area (Å²) >= 11 is 0. The number of carbonyl (C=O) groups is 4. The highest BCUT2D eigenvalue weighted by Gasteiger charge is 2.32. The SMILES string of the molecule is CN1C(=O)c2ccc(NC(=O)CNC(=O)CN)cc2C1=O. The molecule has 0 saturated carbocycles. The first-order valence-electron chi connectivity index (χ1n) is 6.17. The second-order valence-electron chi connectivity index (χ2n) is 4.46. The predicted octanol–water partition coefficient (Wildman–Crippen LogP) is -1.07. The van der Waals surface area contributed by atoms with E-state index in [4.69, 9.17) is 5.73 Å². The lowest BCUT2D eigenvalue weighted by molar-refractivity contribution is -0.123. The summed E-state index contributed by atoms with van der Waals surface area (Å²) in [5.41, 5.74) is 6.01. The van der Waals surface area contributed by atoms with E-state index in [0.717, 1.165) is 4.90 Å². The average molecular weight is 290 g/mol. The fraction of sp³-hybridized carbons (Fsp3) is 0.231. The summed E-state index contributed by atoms with van der Waals surface area (Å²) in [6, 6.07) is 4.43. The van der Waals surface area contributed by atoms with Crippen LogP contribution < -0.4 is 16.4 Å². The van der Waals surface area contributed by atoms with Crippen LogP contribution in [0.5, 0.6) is 0 Å². The first-order chi connectivity index (χ1) is 9.93. The Labute approximate surface area is 120 Å². The molecule has 0 unspecified atom stereocenters. The van der Waals surface area contributed by atoms with E-state index in [2.05, 4.69) is 10.6 Å². The van der Waals surface area contributed by atoms with Crippen LogP contribution in [0, 0.1) is 0 Å². The van der Waals surface area contributed by atoms with Crippen molar-refractivity contribution >= 4 is 29.3 Å². The quantitative estimate of drug-likeness (QED) is 0.609. The highest BCUT2D eigenvalue weighted by atomic mass is 16.2. The van der Waals surface area contributed by atoms with Gasteiger partial charge in [0.1, 0.15) is 0 Å². The maximum absolute atomic E-state index is 11.8. The molecule has 0 radical (unpaired) electrons. The monoisotopic (exact) mass is 290 g/mol. The van der Waals surface area contributed by atoms with Gasteiger partial charge in [-0.05, 0) is 18.2 Å². The number of carbonyl (C=O) groups excluding carboxylic acids is 4. The highest BCUT2D eigenvalue weighted by Crippen LogP contribution is 2.24. The number of hydrogen-bond acceptors (Lipinski definition) is 5. The molecular weight excluding hydrogens is 276 g/mol. The van der Waals surface area contributed by atoms with Crippen LogP contribution >= 0.6 is 0 Å². The van der Waals surface area contributed by atoms with Gasteiger partial charge in [0.15, 0.2) is 0 Å². The zero-order chi connectivity index (χ0) is 15.6. The van der Waals surface area contributed by atoms with Gasteiger partial charge >= 0.3 is 0 Å². The zero-order valence-electron chi connectivity index (χ0n) is 11.3. The number of hydrogen-bond donors (Lipinski definition) is 3. The second kappa shape index (κ2) is 5.71. The molecule has 0 spiro atoms. The molecule has 1 aliphatic heterocycles. The molecule has 2 rings (SSSR count). The summed E-state index contributed by atoms with van der Waals surface area (Å²) in [4.78, 5) is 47.1. The lowest BCUT2D eigenvalue weighted by Gasteiger charge is -2.07.